The number of rotatable bonds is 2. The van der Waals surface area contributed by atoms with Crippen LogP contribution in [0.25, 0.3) is 11.4 Å². The third-order valence-electron chi connectivity index (χ3n) is 2.26. The zero-order chi connectivity index (χ0) is 12.6. The van der Waals surface area contributed by atoms with Crippen molar-refractivity contribution in [3.05, 3.63) is 21.6 Å². The lowest BCUT2D eigenvalue weighted by atomic mass is 10.2. The van der Waals surface area contributed by atoms with Gasteiger partial charge in [0, 0.05) is 19.0 Å². The molecule has 2 aromatic heterocycles. The molecule has 0 aliphatic heterocycles. The number of aryl methyl sites for hydroxylation is 1. The van der Waals surface area contributed by atoms with E-state index in [1.807, 2.05) is 13.8 Å². The van der Waals surface area contributed by atoms with E-state index in [2.05, 4.69) is 36.2 Å². The van der Waals surface area contributed by atoms with Gasteiger partial charge in [-0.1, -0.05) is 30.7 Å². The molecule has 0 N–H and O–H groups in total. The zero-order valence-corrected chi connectivity index (χ0v) is 12.0. The van der Waals surface area contributed by atoms with E-state index < -0.39 is 0 Å². The minimum atomic E-state index is 0.215. The minimum Gasteiger partial charge on any atom is -0.245 e. The summed E-state index contributed by atoms with van der Waals surface area (Å²) in [6, 6.07) is 1.71. The Bertz CT molecular complexity index is 532. The molecule has 0 aliphatic carbocycles. The fraction of sp³-hybridized carbons (Fsp3) is 0.400. The summed E-state index contributed by atoms with van der Waals surface area (Å²) in [5, 5.41) is 8.26. The van der Waals surface area contributed by atoms with Crippen LogP contribution < -0.4 is 0 Å². The van der Waals surface area contributed by atoms with Crippen LogP contribution in [0.3, 0.4) is 0 Å². The highest BCUT2D eigenvalue weighted by molar-refractivity contribution is 9.10. The highest BCUT2D eigenvalue weighted by Crippen LogP contribution is 2.26. The second-order valence-electron chi connectivity index (χ2n) is 3.94. The van der Waals surface area contributed by atoms with Crippen LogP contribution >= 0.6 is 27.5 Å². The lowest BCUT2D eigenvalue weighted by Gasteiger charge is -2.07. The minimum absolute atomic E-state index is 0.215. The van der Waals surface area contributed by atoms with Gasteiger partial charge in [0.05, 0.1) is 5.69 Å². The Morgan fingerprint density at radius 1 is 1.35 bits per heavy atom. The Morgan fingerprint density at radius 2 is 2.06 bits per heavy atom. The molecule has 2 aromatic rings. The average Bonchev–Trinajstić information content (AvgIpc) is 2.57. The lowest BCUT2D eigenvalue weighted by Crippen LogP contribution is -2.02. The van der Waals surface area contributed by atoms with Crippen LogP contribution in [0.1, 0.15) is 25.6 Å². The summed E-state index contributed by atoms with van der Waals surface area (Å²) in [4.78, 5) is 8.66. The van der Waals surface area contributed by atoms with Crippen molar-refractivity contribution in [2.24, 2.45) is 7.05 Å². The summed E-state index contributed by atoms with van der Waals surface area (Å²) in [6.45, 7) is 4.04. The monoisotopic (exact) mass is 315 g/mol. The van der Waals surface area contributed by atoms with Crippen LogP contribution in [0, 0.1) is 0 Å². The molecule has 0 saturated carbocycles. The predicted octanol–water partition coefficient (Wildman–Crippen LogP) is 2.81. The standard InChI is InChI=1S/C10H11BrClN5/c1-5(2)10-13-6(4-7(12)14-10)8-9(11)15-16-17(8)3/h4-5H,1-3H3. The van der Waals surface area contributed by atoms with Gasteiger partial charge in [0.15, 0.2) is 4.60 Å². The van der Waals surface area contributed by atoms with Crippen molar-refractivity contribution in [2.45, 2.75) is 19.8 Å². The smallest absolute Gasteiger partial charge is 0.157 e. The maximum absolute atomic E-state index is 6.00. The molecule has 7 heteroatoms. The van der Waals surface area contributed by atoms with Crippen molar-refractivity contribution in [1.29, 1.82) is 0 Å². The Hall–Kier alpha value is -1.01. The number of aromatic nitrogens is 5. The van der Waals surface area contributed by atoms with Crippen molar-refractivity contribution in [3.63, 3.8) is 0 Å². The van der Waals surface area contributed by atoms with Crippen LogP contribution in [-0.2, 0) is 7.05 Å². The topological polar surface area (TPSA) is 56.5 Å². The Balaban J connectivity index is 2.60. The van der Waals surface area contributed by atoms with Gasteiger partial charge in [0.1, 0.15) is 16.7 Å². The SMILES string of the molecule is CC(C)c1nc(Cl)cc(-c2c(Br)nnn2C)n1. The van der Waals surface area contributed by atoms with Crippen LogP contribution in [0.4, 0.5) is 0 Å². The van der Waals surface area contributed by atoms with Gasteiger partial charge >= 0.3 is 0 Å². The molecule has 5 nitrogen and oxygen atoms in total. The van der Waals surface area contributed by atoms with Crippen molar-refractivity contribution < 1.29 is 0 Å². The predicted molar refractivity (Wildman–Crippen MR) is 68.8 cm³/mol. The highest BCUT2D eigenvalue weighted by Gasteiger charge is 2.15. The summed E-state index contributed by atoms with van der Waals surface area (Å²) in [6.07, 6.45) is 0. The molecular weight excluding hydrogens is 306 g/mol. The zero-order valence-electron chi connectivity index (χ0n) is 9.65. The van der Waals surface area contributed by atoms with Crippen molar-refractivity contribution in [2.75, 3.05) is 0 Å². The van der Waals surface area contributed by atoms with Gasteiger partial charge in [0.25, 0.3) is 0 Å². The average molecular weight is 317 g/mol. The first kappa shape index (κ1) is 12.4. The molecule has 0 atom stereocenters. The molecule has 0 unspecified atom stereocenters. The van der Waals surface area contributed by atoms with Crippen LogP contribution in [0.5, 0.6) is 0 Å². The van der Waals surface area contributed by atoms with Gasteiger partial charge in [-0.25, -0.2) is 14.6 Å². The largest absolute Gasteiger partial charge is 0.245 e. The molecular formula is C10H11BrClN5. The summed E-state index contributed by atoms with van der Waals surface area (Å²) in [5.74, 6) is 0.924. The van der Waals surface area contributed by atoms with E-state index in [4.69, 9.17) is 11.6 Å². The number of hydrogen-bond donors (Lipinski definition) is 0. The maximum Gasteiger partial charge on any atom is 0.157 e. The summed E-state index contributed by atoms with van der Waals surface area (Å²) >= 11 is 9.34. The van der Waals surface area contributed by atoms with Gasteiger partial charge in [-0.3, -0.25) is 0 Å². The van der Waals surface area contributed by atoms with Gasteiger partial charge in [-0.15, -0.1) is 5.10 Å². The number of nitrogens with zero attached hydrogens (tertiary/aromatic N) is 5. The molecule has 90 valence electrons. The van der Waals surface area contributed by atoms with E-state index in [9.17, 15) is 0 Å². The van der Waals surface area contributed by atoms with E-state index in [-0.39, 0.29) is 5.92 Å². The fourth-order valence-electron chi connectivity index (χ4n) is 1.42. The molecule has 0 bridgehead atoms. The maximum atomic E-state index is 6.00. The van der Waals surface area contributed by atoms with E-state index in [0.29, 0.717) is 21.3 Å². The third-order valence-corrected chi connectivity index (χ3v) is 2.98. The molecule has 2 rings (SSSR count). The molecule has 2 heterocycles. The van der Waals surface area contributed by atoms with Crippen LogP contribution in [-0.4, -0.2) is 25.0 Å². The summed E-state index contributed by atoms with van der Waals surface area (Å²) < 4.78 is 2.29. The van der Waals surface area contributed by atoms with Gasteiger partial charge in [-0.2, -0.15) is 0 Å². The van der Waals surface area contributed by atoms with E-state index in [1.165, 1.54) is 0 Å². The lowest BCUT2D eigenvalue weighted by molar-refractivity contribution is 0.715. The molecule has 0 fully saturated rings. The van der Waals surface area contributed by atoms with E-state index >= 15 is 0 Å². The molecule has 0 aromatic carbocycles. The highest BCUT2D eigenvalue weighted by atomic mass is 79.9. The van der Waals surface area contributed by atoms with Crippen molar-refractivity contribution >= 4 is 27.5 Å². The normalized spacial score (nSPS) is 11.2. The Morgan fingerprint density at radius 3 is 2.59 bits per heavy atom. The second-order valence-corrected chi connectivity index (χ2v) is 5.08. The Kier molecular flexibility index (Phi) is 3.44. The molecule has 0 amide bonds. The summed E-state index contributed by atoms with van der Waals surface area (Å²) in [5.41, 5.74) is 1.50. The van der Waals surface area contributed by atoms with Crippen LogP contribution in [0.2, 0.25) is 5.15 Å². The van der Waals surface area contributed by atoms with Crippen LogP contribution in [0.15, 0.2) is 10.7 Å². The summed E-state index contributed by atoms with van der Waals surface area (Å²) in [7, 11) is 1.80. The molecule has 0 aliphatic rings. The fourth-order valence-corrected chi connectivity index (χ4v) is 2.14. The molecule has 0 radical (unpaired) electrons. The molecule has 0 spiro atoms. The van der Waals surface area contributed by atoms with E-state index in [0.717, 1.165) is 5.69 Å². The quantitative estimate of drug-likeness (QED) is 0.799. The van der Waals surface area contributed by atoms with Crippen molar-refractivity contribution in [1.82, 2.24) is 25.0 Å². The first-order chi connectivity index (χ1) is 7.99. The van der Waals surface area contributed by atoms with Gasteiger partial charge in [-0.05, 0) is 15.9 Å². The molecule has 17 heavy (non-hydrogen) atoms. The van der Waals surface area contributed by atoms with E-state index in [1.54, 1.807) is 17.8 Å². The van der Waals surface area contributed by atoms with Gasteiger partial charge < -0.3 is 0 Å². The van der Waals surface area contributed by atoms with Crippen molar-refractivity contribution in [3.8, 4) is 11.4 Å². The number of halogens is 2. The van der Waals surface area contributed by atoms with Gasteiger partial charge in [0.2, 0.25) is 0 Å². The number of hydrogen-bond acceptors (Lipinski definition) is 4. The first-order valence-corrected chi connectivity index (χ1v) is 6.26. The third kappa shape index (κ3) is 2.47. The second kappa shape index (κ2) is 4.70. The molecule has 0 saturated heterocycles. The Labute approximate surface area is 112 Å². The first-order valence-electron chi connectivity index (χ1n) is 5.09.